The van der Waals surface area contributed by atoms with Gasteiger partial charge in [-0.25, -0.2) is 4.98 Å². The molecule has 0 radical (unpaired) electrons. The molecule has 0 fully saturated rings. The van der Waals surface area contributed by atoms with Crippen LogP contribution in [0.4, 0.5) is 11.4 Å². The molecule has 5 aromatic carbocycles. The zero-order chi connectivity index (χ0) is 40.6. The maximum Gasteiger partial charge on any atom is 0.135 e. The molecule has 0 unspecified atom stereocenters. The second kappa shape index (κ2) is 14.9. The first-order valence-electron chi connectivity index (χ1n) is 20.1. The van der Waals surface area contributed by atoms with Crippen molar-refractivity contribution >= 4 is 44.2 Å². The Hall–Kier alpha value is -5.61. The van der Waals surface area contributed by atoms with Gasteiger partial charge in [0, 0.05) is 60.4 Å². The van der Waals surface area contributed by atoms with Gasteiger partial charge in [-0.05, 0) is 82.2 Å². The number of hydrogen-bond acceptors (Lipinski definition) is 4. The van der Waals surface area contributed by atoms with Crippen LogP contribution in [0.5, 0.6) is 11.5 Å². The summed E-state index contributed by atoms with van der Waals surface area (Å²) in [6, 6.07) is 48.1. The number of pyridine rings is 1. The van der Waals surface area contributed by atoms with Gasteiger partial charge in [-0.2, -0.15) is 6.07 Å². The molecule has 4 heterocycles. The molecule has 9 rings (SSSR count). The molecule has 0 amide bonds. The fourth-order valence-corrected chi connectivity index (χ4v) is 7.84. The van der Waals surface area contributed by atoms with Crippen molar-refractivity contribution in [3.8, 4) is 23.0 Å². The fourth-order valence-electron chi connectivity index (χ4n) is 7.84. The Balaban J connectivity index is 0.00000484. The Morgan fingerprint density at radius 1 is 0.542 bits per heavy atom. The van der Waals surface area contributed by atoms with E-state index in [9.17, 15) is 0 Å². The normalized spacial score (nSPS) is 13.5. The van der Waals surface area contributed by atoms with Crippen LogP contribution in [0.15, 0.2) is 134 Å². The Bertz CT molecular complexity index is 2850. The Kier molecular flexibility index (Phi) is 10.1. The molecule has 0 bridgehead atoms. The quantitative estimate of drug-likeness (QED) is 0.123. The number of anilines is 2. The third-order valence-electron chi connectivity index (χ3n) is 11.2. The Morgan fingerprint density at radius 3 is 1.92 bits per heavy atom. The zero-order valence-electron chi connectivity index (χ0n) is 35.2. The second-order valence-electron chi connectivity index (χ2n) is 18.5. The molecule has 302 valence electrons. The average molecular weight is 867 g/mol. The van der Waals surface area contributed by atoms with E-state index in [1.807, 2.05) is 12.3 Å². The van der Waals surface area contributed by atoms with Crippen LogP contribution in [0.1, 0.15) is 79.0 Å². The first-order chi connectivity index (χ1) is 27.6. The summed E-state index contributed by atoms with van der Waals surface area (Å²) in [4.78, 5) is 9.24. The minimum Gasteiger partial charge on any atom is -0.509 e. The van der Waals surface area contributed by atoms with Crippen molar-refractivity contribution in [1.82, 2.24) is 14.1 Å². The zero-order valence-corrected chi connectivity index (χ0v) is 36.8. The van der Waals surface area contributed by atoms with Gasteiger partial charge in [0.05, 0.1) is 11.0 Å². The molecule has 59 heavy (non-hydrogen) atoms. The van der Waals surface area contributed by atoms with Crippen LogP contribution in [0, 0.1) is 18.8 Å². The van der Waals surface area contributed by atoms with E-state index in [2.05, 4.69) is 222 Å². The van der Waals surface area contributed by atoms with E-state index in [1.54, 1.807) is 0 Å². The van der Waals surface area contributed by atoms with E-state index in [0.29, 0.717) is 11.5 Å². The molecule has 0 saturated heterocycles. The van der Waals surface area contributed by atoms with Gasteiger partial charge in [0.2, 0.25) is 0 Å². The van der Waals surface area contributed by atoms with Gasteiger partial charge < -0.3 is 23.7 Å². The minimum atomic E-state index is -0.130. The molecule has 0 aliphatic carbocycles. The molecule has 0 atom stereocenters. The predicted octanol–water partition coefficient (Wildman–Crippen LogP) is 13.3. The monoisotopic (exact) mass is 866 g/mol. The number of nitrogens with zero attached hydrogens (tertiary/aromatic N) is 5. The molecule has 8 aromatic rings. The molecule has 0 saturated carbocycles. The van der Waals surface area contributed by atoms with Crippen LogP contribution in [0.25, 0.3) is 44.3 Å². The topological polar surface area (TPSA) is 38.5 Å². The molecular weight excluding hydrogens is 817 g/mol. The van der Waals surface area contributed by atoms with E-state index in [1.165, 1.54) is 11.1 Å². The van der Waals surface area contributed by atoms with E-state index < -0.39 is 0 Å². The van der Waals surface area contributed by atoms with Crippen molar-refractivity contribution in [3.63, 3.8) is 0 Å². The van der Waals surface area contributed by atoms with Gasteiger partial charge in [-0.3, -0.25) is 0 Å². The molecule has 7 heteroatoms. The number of aromatic nitrogens is 3. The number of fused-ring (bicyclic) bond motifs is 5. The summed E-state index contributed by atoms with van der Waals surface area (Å²) in [6.45, 7) is 22.2. The molecule has 6 nitrogen and oxygen atoms in total. The molecule has 0 N–H and O–H groups in total. The van der Waals surface area contributed by atoms with Gasteiger partial charge >= 0.3 is 0 Å². The van der Waals surface area contributed by atoms with Crippen molar-refractivity contribution < 1.29 is 25.2 Å². The number of hydrogen-bond donors (Lipinski definition) is 0. The summed E-state index contributed by atoms with van der Waals surface area (Å²) in [5.41, 5.74) is 10.9. The molecule has 3 aromatic heterocycles. The van der Waals surface area contributed by atoms with E-state index >= 15 is 0 Å². The molecule has 1 aliphatic rings. The minimum absolute atomic E-state index is 0. The molecular formula is C52H50N5OPd-3. The maximum absolute atomic E-state index is 6.79. The van der Waals surface area contributed by atoms with Crippen LogP contribution in [-0.4, -0.2) is 14.1 Å². The predicted molar refractivity (Wildman–Crippen MR) is 241 cm³/mol. The van der Waals surface area contributed by atoms with Crippen molar-refractivity contribution in [3.05, 3.63) is 169 Å². The average Bonchev–Trinajstić information content (AvgIpc) is 3.90. The van der Waals surface area contributed by atoms with Gasteiger partial charge in [0.15, 0.2) is 0 Å². The van der Waals surface area contributed by atoms with Gasteiger partial charge in [-0.1, -0.05) is 122 Å². The standard InChI is InChI=1S/C52H50N5O.Pd/c1-50(2,3)35-19-21-38(22-20-35)54-27-28-55(34-54)40-29-37(52(7,8)9)30-42(32-40)58-41-23-24-44-46(33-41)57(47-31-36(25-26-53-47)51(4,5)6)49-43-17-13-14-18-45(43)56(48(44)49)39-15-11-10-12-16-39;/h10-31,34H,1-9H3;/q-3;. The molecule has 0 spiro atoms. The van der Waals surface area contributed by atoms with Crippen LogP contribution in [0.2, 0.25) is 0 Å². The summed E-state index contributed by atoms with van der Waals surface area (Å²) in [7, 11) is 0. The maximum atomic E-state index is 6.79. The van der Waals surface area contributed by atoms with Gasteiger partial charge in [0.1, 0.15) is 5.82 Å². The van der Waals surface area contributed by atoms with E-state index in [4.69, 9.17) is 9.72 Å². The van der Waals surface area contributed by atoms with Crippen LogP contribution in [0.3, 0.4) is 0 Å². The SMILES string of the molecule is CC(C)(C)c1ccc(N2C=CN(c3[c-]c(Oc4[c-]c5c(cc4)c4c(c6ccccc6n4-c4ccccc4)n5-c4cc(C(C)(C)C)ccn4)cc(C(C)(C)C)c3)[CH-]2)cc1.[Pd]. The van der Waals surface area contributed by atoms with Crippen molar-refractivity contribution in [1.29, 1.82) is 0 Å². The number of rotatable bonds is 6. The number of ether oxygens (including phenoxy) is 1. The van der Waals surface area contributed by atoms with Gasteiger partial charge in [-0.15, -0.1) is 48.3 Å². The van der Waals surface area contributed by atoms with Crippen molar-refractivity contribution in [2.45, 2.75) is 78.6 Å². The van der Waals surface area contributed by atoms with E-state index in [-0.39, 0.29) is 36.7 Å². The first-order valence-corrected chi connectivity index (χ1v) is 20.1. The Morgan fingerprint density at radius 2 is 1.20 bits per heavy atom. The van der Waals surface area contributed by atoms with Crippen molar-refractivity contribution in [2.75, 3.05) is 9.80 Å². The number of benzene rings is 5. The smallest absolute Gasteiger partial charge is 0.135 e. The molecule has 1 aliphatic heterocycles. The van der Waals surface area contributed by atoms with Crippen LogP contribution in [-0.2, 0) is 36.7 Å². The summed E-state index contributed by atoms with van der Waals surface area (Å²) in [5.74, 6) is 2.07. The Labute approximate surface area is 362 Å². The van der Waals surface area contributed by atoms with E-state index in [0.717, 1.165) is 61.3 Å². The fraction of sp³-hybridized carbons (Fsp3) is 0.231. The summed E-state index contributed by atoms with van der Waals surface area (Å²) < 4.78 is 11.4. The van der Waals surface area contributed by atoms with Crippen LogP contribution < -0.4 is 14.5 Å². The third-order valence-corrected chi connectivity index (χ3v) is 11.2. The third kappa shape index (κ3) is 7.48. The summed E-state index contributed by atoms with van der Waals surface area (Å²) in [5, 5.41) is 2.20. The number of para-hydroxylation sites is 2. The first kappa shape index (κ1) is 40.2. The largest absolute Gasteiger partial charge is 0.509 e. The second-order valence-corrected chi connectivity index (χ2v) is 18.5. The van der Waals surface area contributed by atoms with Crippen molar-refractivity contribution in [2.24, 2.45) is 0 Å². The van der Waals surface area contributed by atoms with Gasteiger partial charge in [0.25, 0.3) is 0 Å². The summed E-state index contributed by atoms with van der Waals surface area (Å²) >= 11 is 0. The summed E-state index contributed by atoms with van der Waals surface area (Å²) in [6.07, 6.45) is 6.07. The van der Waals surface area contributed by atoms with Crippen LogP contribution >= 0.6 is 0 Å².